The number of nitrogens with zero attached hydrogens (tertiary/aromatic N) is 1. The zero-order valence-electron chi connectivity index (χ0n) is 17.5. The van der Waals surface area contributed by atoms with Crippen LogP contribution in [-0.2, 0) is 27.9 Å². The molecule has 0 aliphatic heterocycles. The minimum absolute atomic E-state index is 0.102. The van der Waals surface area contributed by atoms with Crippen molar-refractivity contribution in [3.8, 4) is 0 Å². The summed E-state index contributed by atoms with van der Waals surface area (Å²) in [4.78, 5) is 12.8. The molecule has 5 nitrogen and oxygen atoms in total. The number of nitrogens with one attached hydrogen (secondary N) is 1. The molecule has 0 spiro atoms. The third kappa shape index (κ3) is 6.40. The number of carbonyl (C=O) groups excluding carboxylic acids is 1. The van der Waals surface area contributed by atoms with Crippen molar-refractivity contribution in [1.82, 2.24) is 9.62 Å². The maximum absolute atomic E-state index is 13.3. The van der Waals surface area contributed by atoms with Gasteiger partial charge in [-0.1, -0.05) is 71.3 Å². The zero-order chi connectivity index (χ0) is 22.4. The molecule has 0 radical (unpaired) electrons. The molecule has 31 heavy (non-hydrogen) atoms. The Balaban J connectivity index is 1.79. The van der Waals surface area contributed by atoms with Gasteiger partial charge in [-0.05, 0) is 49.2 Å². The third-order valence-electron chi connectivity index (χ3n) is 4.86. The number of benzene rings is 3. The first-order valence-corrected chi connectivity index (χ1v) is 11.7. The Hall–Kier alpha value is -2.67. The van der Waals surface area contributed by atoms with Crippen molar-refractivity contribution >= 4 is 27.5 Å². The summed E-state index contributed by atoms with van der Waals surface area (Å²) in [7, 11) is -3.85. The second-order valence-electron chi connectivity index (χ2n) is 7.47. The van der Waals surface area contributed by atoms with E-state index in [9.17, 15) is 13.2 Å². The van der Waals surface area contributed by atoms with Gasteiger partial charge in [-0.15, -0.1) is 0 Å². The van der Waals surface area contributed by atoms with Crippen molar-refractivity contribution in [2.75, 3.05) is 6.54 Å². The van der Waals surface area contributed by atoms with E-state index in [4.69, 9.17) is 11.6 Å². The number of hydrogen-bond donors (Lipinski definition) is 1. The van der Waals surface area contributed by atoms with Gasteiger partial charge in [0.25, 0.3) is 0 Å². The molecule has 3 aromatic carbocycles. The Bertz CT molecular complexity index is 1130. The summed E-state index contributed by atoms with van der Waals surface area (Å²) < 4.78 is 27.8. The number of rotatable bonds is 8. The lowest BCUT2D eigenvalue weighted by atomic mass is 10.1. The molecule has 0 saturated carbocycles. The Morgan fingerprint density at radius 3 is 1.94 bits per heavy atom. The topological polar surface area (TPSA) is 66.5 Å². The highest BCUT2D eigenvalue weighted by Crippen LogP contribution is 2.19. The summed E-state index contributed by atoms with van der Waals surface area (Å²) >= 11 is 5.89. The van der Waals surface area contributed by atoms with Gasteiger partial charge in [-0.2, -0.15) is 4.31 Å². The molecule has 0 aliphatic rings. The largest absolute Gasteiger partial charge is 0.351 e. The number of amides is 1. The van der Waals surface area contributed by atoms with Crippen molar-refractivity contribution in [3.05, 3.63) is 100 Å². The van der Waals surface area contributed by atoms with Crippen molar-refractivity contribution < 1.29 is 13.2 Å². The first kappa shape index (κ1) is 23.0. The van der Waals surface area contributed by atoms with Gasteiger partial charge in [-0.3, -0.25) is 4.79 Å². The van der Waals surface area contributed by atoms with Gasteiger partial charge in [-0.25, -0.2) is 8.42 Å². The molecule has 0 aliphatic carbocycles. The Morgan fingerprint density at radius 2 is 1.35 bits per heavy atom. The summed E-state index contributed by atoms with van der Waals surface area (Å²) in [6.07, 6.45) is 0. The Morgan fingerprint density at radius 1 is 0.839 bits per heavy atom. The monoisotopic (exact) mass is 456 g/mol. The van der Waals surface area contributed by atoms with Crippen LogP contribution in [0, 0.1) is 13.8 Å². The summed E-state index contributed by atoms with van der Waals surface area (Å²) in [5.74, 6) is -0.377. The van der Waals surface area contributed by atoms with E-state index in [1.54, 1.807) is 36.4 Å². The zero-order valence-corrected chi connectivity index (χ0v) is 19.1. The first-order valence-electron chi connectivity index (χ1n) is 9.87. The molecule has 0 bridgehead atoms. The van der Waals surface area contributed by atoms with Crippen LogP contribution < -0.4 is 5.32 Å². The quantitative estimate of drug-likeness (QED) is 0.544. The smallest absolute Gasteiger partial charge is 0.243 e. The van der Waals surface area contributed by atoms with Crippen LogP contribution in [0.15, 0.2) is 77.7 Å². The van der Waals surface area contributed by atoms with Crippen LogP contribution in [0.4, 0.5) is 0 Å². The molecule has 0 fully saturated rings. The highest BCUT2D eigenvalue weighted by molar-refractivity contribution is 7.89. The normalized spacial score (nSPS) is 11.5. The van der Waals surface area contributed by atoms with E-state index in [2.05, 4.69) is 5.32 Å². The lowest BCUT2D eigenvalue weighted by Gasteiger charge is -2.22. The fourth-order valence-electron chi connectivity index (χ4n) is 3.00. The van der Waals surface area contributed by atoms with E-state index < -0.39 is 10.0 Å². The van der Waals surface area contributed by atoms with Crippen LogP contribution in [-0.4, -0.2) is 25.2 Å². The van der Waals surface area contributed by atoms with Crippen molar-refractivity contribution in [2.24, 2.45) is 0 Å². The maximum Gasteiger partial charge on any atom is 0.243 e. The average Bonchev–Trinajstić information content (AvgIpc) is 2.74. The van der Waals surface area contributed by atoms with Crippen LogP contribution in [0.1, 0.15) is 22.3 Å². The van der Waals surface area contributed by atoms with Gasteiger partial charge in [0, 0.05) is 18.1 Å². The molecule has 0 atom stereocenters. The van der Waals surface area contributed by atoms with Crippen molar-refractivity contribution in [1.29, 1.82) is 0 Å². The van der Waals surface area contributed by atoms with Crippen LogP contribution in [0.2, 0.25) is 5.02 Å². The fraction of sp³-hybridized carbons (Fsp3) is 0.208. The van der Waals surface area contributed by atoms with E-state index in [1.165, 1.54) is 4.31 Å². The molecule has 3 rings (SSSR count). The molecule has 7 heteroatoms. The number of carbonyl (C=O) groups is 1. The maximum atomic E-state index is 13.3. The van der Waals surface area contributed by atoms with Gasteiger partial charge in [0.05, 0.1) is 11.4 Å². The van der Waals surface area contributed by atoms with Gasteiger partial charge < -0.3 is 5.32 Å². The number of hydrogen-bond acceptors (Lipinski definition) is 3. The average molecular weight is 457 g/mol. The highest BCUT2D eigenvalue weighted by atomic mass is 35.5. The minimum atomic E-state index is -3.85. The van der Waals surface area contributed by atoms with Crippen molar-refractivity contribution in [3.63, 3.8) is 0 Å². The second kappa shape index (κ2) is 10.1. The molecular weight excluding hydrogens is 432 g/mol. The SMILES string of the molecule is Cc1ccc(CN(CC(=O)NCc2ccc(Cl)cc2)S(=O)(=O)c2ccc(C)cc2)cc1. The molecule has 1 N–H and O–H groups in total. The Kier molecular flexibility index (Phi) is 7.49. The van der Waals surface area contributed by atoms with E-state index in [0.29, 0.717) is 11.6 Å². The van der Waals surface area contributed by atoms with Gasteiger partial charge in [0.15, 0.2) is 0 Å². The highest BCUT2D eigenvalue weighted by Gasteiger charge is 2.26. The number of halogens is 1. The van der Waals surface area contributed by atoms with E-state index in [-0.39, 0.29) is 23.9 Å². The first-order chi connectivity index (χ1) is 14.7. The molecule has 1 amide bonds. The summed E-state index contributed by atoms with van der Waals surface area (Å²) in [5.41, 5.74) is 3.73. The Labute approximate surface area is 188 Å². The number of aryl methyl sites for hydroxylation is 2. The summed E-state index contributed by atoms with van der Waals surface area (Å²) in [6.45, 7) is 3.97. The van der Waals surface area contributed by atoms with Crippen LogP contribution >= 0.6 is 11.6 Å². The minimum Gasteiger partial charge on any atom is -0.351 e. The second-order valence-corrected chi connectivity index (χ2v) is 9.85. The van der Waals surface area contributed by atoms with Crippen LogP contribution in [0.3, 0.4) is 0 Å². The standard InChI is InChI=1S/C24H25ClN2O3S/c1-18-3-7-21(8-4-18)16-27(31(29,30)23-13-5-19(2)6-14-23)17-24(28)26-15-20-9-11-22(25)12-10-20/h3-14H,15-17H2,1-2H3,(H,26,28). The lowest BCUT2D eigenvalue weighted by molar-refractivity contribution is -0.121. The van der Waals surface area contributed by atoms with Crippen LogP contribution in [0.25, 0.3) is 0 Å². The molecule has 0 saturated heterocycles. The molecule has 0 aromatic heterocycles. The molecule has 0 unspecified atom stereocenters. The molecule has 0 heterocycles. The van der Waals surface area contributed by atoms with Crippen LogP contribution in [0.5, 0.6) is 0 Å². The lowest BCUT2D eigenvalue weighted by Crippen LogP contribution is -2.40. The molecular formula is C24H25ClN2O3S. The van der Waals surface area contributed by atoms with Gasteiger partial charge in [0.2, 0.25) is 15.9 Å². The summed E-state index contributed by atoms with van der Waals surface area (Å²) in [5, 5.41) is 3.40. The van der Waals surface area contributed by atoms with Crippen molar-refractivity contribution in [2.45, 2.75) is 31.8 Å². The van der Waals surface area contributed by atoms with E-state index >= 15 is 0 Å². The predicted octanol–water partition coefficient (Wildman–Crippen LogP) is 4.46. The van der Waals surface area contributed by atoms with Gasteiger partial charge in [0.1, 0.15) is 0 Å². The molecule has 162 valence electrons. The third-order valence-corrected chi connectivity index (χ3v) is 6.92. The fourth-order valence-corrected chi connectivity index (χ4v) is 4.51. The van der Waals surface area contributed by atoms with E-state index in [1.807, 2.05) is 50.2 Å². The van der Waals surface area contributed by atoms with E-state index in [0.717, 1.165) is 22.3 Å². The summed E-state index contributed by atoms with van der Waals surface area (Å²) in [6, 6.07) is 21.3. The number of sulfonamides is 1. The molecule has 3 aromatic rings. The predicted molar refractivity (Wildman–Crippen MR) is 123 cm³/mol. The van der Waals surface area contributed by atoms with Gasteiger partial charge >= 0.3 is 0 Å².